The maximum absolute atomic E-state index is 13.1. The second-order valence-electron chi connectivity index (χ2n) is 6.97. The number of hydrogen-bond acceptors (Lipinski definition) is 4. The zero-order valence-corrected chi connectivity index (χ0v) is 18.5. The fraction of sp³-hybridized carbons (Fsp3) is 0.238. The zero-order chi connectivity index (χ0) is 20.4. The summed E-state index contributed by atoms with van der Waals surface area (Å²) in [6.07, 6.45) is 3.61. The quantitative estimate of drug-likeness (QED) is 0.591. The SMILES string of the molecule is Cl.O=C(Cc1ccncc1)N1CCN(S(=O)(=O)c2ccc3cc(Cl)ccc3c2)CC1. The lowest BCUT2D eigenvalue weighted by Crippen LogP contribution is -2.50. The Morgan fingerprint density at radius 3 is 2.27 bits per heavy atom. The number of carbonyl (C=O) groups excluding carboxylic acids is 1. The molecule has 30 heavy (non-hydrogen) atoms. The third-order valence-corrected chi connectivity index (χ3v) is 7.24. The van der Waals surface area contributed by atoms with Gasteiger partial charge in [0, 0.05) is 43.6 Å². The summed E-state index contributed by atoms with van der Waals surface area (Å²) < 4.78 is 27.6. The first-order chi connectivity index (χ1) is 13.9. The predicted molar refractivity (Wildman–Crippen MR) is 119 cm³/mol. The normalized spacial score (nSPS) is 15.0. The molecular formula is C21H21Cl2N3O3S. The fourth-order valence-electron chi connectivity index (χ4n) is 3.47. The van der Waals surface area contributed by atoms with E-state index in [0.29, 0.717) is 24.5 Å². The standard InChI is InChI=1S/C21H20ClN3O3S.ClH/c22-19-3-1-18-15-20(4-2-17(18)14-19)29(27,28)25-11-9-24(10-12-25)21(26)13-16-5-7-23-8-6-16;/h1-8,14-15H,9-13H2;1H. The van der Waals surface area contributed by atoms with Gasteiger partial charge in [-0.1, -0.05) is 23.7 Å². The number of rotatable bonds is 4. The molecule has 0 radical (unpaired) electrons. The Balaban J connectivity index is 0.00000256. The van der Waals surface area contributed by atoms with Crippen LogP contribution in [-0.4, -0.2) is 54.7 Å². The Bertz CT molecular complexity index is 1150. The summed E-state index contributed by atoms with van der Waals surface area (Å²) in [7, 11) is -3.62. The van der Waals surface area contributed by atoms with Crippen LogP contribution in [-0.2, 0) is 21.2 Å². The van der Waals surface area contributed by atoms with Crippen molar-refractivity contribution in [3.8, 4) is 0 Å². The highest BCUT2D eigenvalue weighted by molar-refractivity contribution is 7.89. The average molecular weight is 466 g/mol. The molecule has 1 amide bonds. The molecule has 1 aliphatic heterocycles. The van der Waals surface area contributed by atoms with E-state index in [0.717, 1.165) is 16.3 Å². The lowest BCUT2D eigenvalue weighted by atomic mass is 10.1. The zero-order valence-electron chi connectivity index (χ0n) is 16.1. The number of halogens is 2. The third-order valence-electron chi connectivity index (χ3n) is 5.11. The van der Waals surface area contributed by atoms with Gasteiger partial charge in [-0.15, -0.1) is 12.4 Å². The molecule has 158 valence electrons. The van der Waals surface area contributed by atoms with Gasteiger partial charge in [0.15, 0.2) is 0 Å². The number of aromatic nitrogens is 1. The summed E-state index contributed by atoms with van der Waals surface area (Å²) in [4.78, 5) is 18.4. The van der Waals surface area contributed by atoms with Crippen LogP contribution in [0.4, 0.5) is 0 Å². The molecule has 0 unspecified atom stereocenters. The van der Waals surface area contributed by atoms with E-state index in [-0.39, 0.29) is 36.3 Å². The van der Waals surface area contributed by atoms with Crippen LogP contribution >= 0.6 is 24.0 Å². The van der Waals surface area contributed by atoms with Crippen molar-refractivity contribution in [2.75, 3.05) is 26.2 Å². The van der Waals surface area contributed by atoms with Gasteiger partial charge in [0.1, 0.15) is 0 Å². The topological polar surface area (TPSA) is 70.6 Å². The van der Waals surface area contributed by atoms with Gasteiger partial charge < -0.3 is 4.90 Å². The summed E-state index contributed by atoms with van der Waals surface area (Å²) in [6, 6.07) is 14.0. The minimum Gasteiger partial charge on any atom is -0.340 e. The molecule has 6 nitrogen and oxygen atoms in total. The van der Waals surface area contributed by atoms with Gasteiger partial charge in [0.2, 0.25) is 15.9 Å². The van der Waals surface area contributed by atoms with E-state index in [1.54, 1.807) is 47.6 Å². The van der Waals surface area contributed by atoms with Crippen LogP contribution in [0, 0.1) is 0 Å². The van der Waals surface area contributed by atoms with Gasteiger partial charge in [-0.25, -0.2) is 8.42 Å². The molecule has 1 saturated heterocycles. The molecule has 3 aromatic rings. The second kappa shape index (κ2) is 9.31. The first-order valence-electron chi connectivity index (χ1n) is 9.30. The Labute approximate surface area is 186 Å². The summed E-state index contributed by atoms with van der Waals surface area (Å²) in [5, 5.41) is 2.32. The summed E-state index contributed by atoms with van der Waals surface area (Å²) in [5.74, 6) is -0.00386. The van der Waals surface area contributed by atoms with E-state index >= 15 is 0 Å². The van der Waals surface area contributed by atoms with E-state index in [2.05, 4.69) is 4.98 Å². The van der Waals surface area contributed by atoms with Crippen LogP contribution in [0.1, 0.15) is 5.56 Å². The monoisotopic (exact) mass is 465 g/mol. The molecule has 4 rings (SSSR count). The number of hydrogen-bond donors (Lipinski definition) is 0. The molecule has 0 atom stereocenters. The van der Waals surface area contributed by atoms with Crippen LogP contribution in [0.5, 0.6) is 0 Å². The fourth-order valence-corrected chi connectivity index (χ4v) is 5.11. The molecule has 1 fully saturated rings. The second-order valence-corrected chi connectivity index (χ2v) is 9.34. The van der Waals surface area contributed by atoms with Gasteiger partial charge in [-0.2, -0.15) is 4.31 Å². The van der Waals surface area contributed by atoms with E-state index in [9.17, 15) is 13.2 Å². The minimum atomic E-state index is -3.62. The highest BCUT2D eigenvalue weighted by Gasteiger charge is 2.30. The number of fused-ring (bicyclic) bond motifs is 1. The number of nitrogens with zero attached hydrogens (tertiary/aromatic N) is 3. The molecule has 2 heterocycles. The van der Waals surface area contributed by atoms with Crippen molar-refractivity contribution in [3.63, 3.8) is 0 Å². The maximum atomic E-state index is 13.1. The smallest absolute Gasteiger partial charge is 0.243 e. The Morgan fingerprint density at radius 2 is 1.57 bits per heavy atom. The molecule has 0 aliphatic carbocycles. The maximum Gasteiger partial charge on any atom is 0.243 e. The number of carbonyl (C=O) groups is 1. The van der Waals surface area contributed by atoms with E-state index in [4.69, 9.17) is 11.6 Å². The van der Waals surface area contributed by atoms with Crippen LogP contribution in [0.25, 0.3) is 10.8 Å². The van der Waals surface area contributed by atoms with Crippen molar-refractivity contribution >= 4 is 50.7 Å². The van der Waals surface area contributed by atoms with Crippen LogP contribution < -0.4 is 0 Å². The van der Waals surface area contributed by atoms with Crippen LogP contribution in [0.3, 0.4) is 0 Å². The van der Waals surface area contributed by atoms with Crippen LogP contribution in [0.2, 0.25) is 5.02 Å². The van der Waals surface area contributed by atoms with Gasteiger partial charge in [0.05, 0.1) is 11.3 Å². The summed E-state index contributed by atoms with van der Waals surface area (Å²) in [5.41, 5.74) is 0.899. The molecule has 1 aliphatic rings. The molecule has 0 spiro atoms. The molecular weight excluding hydrogens is 445 g/mol. The summed E-state index contributed by atoms with van der Waals surface area (Å²) >= 11 is 6.00. The number of pyridine rings is 1. The Morgan fingerprint density at radius 1 is 0.933 bits per heavy atom. The van der Waals surface area contributed by atoms with Gasteiger partial charge >= 0.3 is 0 Å². The first-order valence-corrected chi connectivity index (χ1v) is 11.1. The molecule has 0 saturated carbocycles. The highest BCUT2D eigenvalue weighted by Crippen LogP contribution is 2.25. The number of sulfonamides is 1. The Kier molecular flexibility index (Phi) is 6.98. The third kappa shape index (κ3) is 4.75. The Hall–Kier alpha value is -2.19. The number of amides is 1. The van der Waals surface area contributed by atoms with Crippen molar-refractivity contribution in [1.29, 1.82) is 0 Å². The average Bonchev–Trinajstić information content (AvgIpc) is 2.74. The lowest BCUT2D eigenvalue weighted by molar-refractivity contribution is -0.131. The van der Waals surface area contributed by atoms with Crippen molar-refractivity contribution in [3.05, 3.63) is 71.5 Å². The first kappa shape index (κ1) is 22.5. The van der Waals surface area contributed by atoms with Crippen molar-refractivity contribution in [2.24, 2.45) is 0 Å². The predicted octanol–water partition coefficient (Wildman–Crippen LogP) is 3.39. The number of benzene rings is 2. The molecule has 0 bridgehead atoms. The largest absolute Gasteiger partial charge is 0.340 e. The molecule has 9 heteroatoms. The highest BCUT2D eigenvalue weighted by atomic mass is 35.5. The van der Waals surface area contributed by atoms with Gasteiger partial charge in [-0.3, -0.25) is 9.78 Å². The van der Waals surface area contributed by atoms with Crippen molar-refractivity contribution in [1.82, 2.24) is 14.2 Å². The van der Waals surface area contributed by atoms with Crippen LogP contribution in [0.15, 0.2) is 65.8 Å². The van der Waals surface area contributed by atoms with E-state index < -0.39 is 10.0 Å². The number of piperazine rings is 1. The van der Waals surface area contributed by atoms with Crippen molar-refractivity contribution in [2.45, 2.75) is 11.3 Å². The molecule has 2 aromatic carbocycles. The van der Waals surface area contributed by atoms with E-state index in [1.807, 2.05) is 18.2 Å². The van der Waals surface area contributed by atoms with Crippen molar-refractivity contribution < 1.29 is 13.2 Å². The van der Waals surface area contributed by atoms with E-state index in [1.165, 1.54) is 4.31 Å². The molecule has 1 aromatic heterocycles. The van der Waals surface area contributed by atoms with Gasteiger partial charge in [-0.05, 0) is 52.7 Å². The lowest BCUT2D eigenvalue weighted by Gasteiger charge is -2.34. The summed E-state index contributed by atoms with van der Waals surface area (Å²) in [6.45, 7) is 1.32. The molecule has 0 N–H and O–H groups in total. The van der Waals surface area contributed by atoms with Gasteiger partial charge in [0.25, 0.3) is 0 Å². The minimum absolute atomic E-state index is 0.